The summed E-state index contributed by atoms with van der Waals surface area (Å²) >= 11 is 0. The Morgan fingerprint density at radius 1 is 0.905 bits per heavy atom. The van der Waals surface area contributed by atoms with Gasteiger partial charge in [0.05, 0.1) is 0 Å². The van der Waals surface area contributed by atoms with Gasteiger partial charge in [-0.25, -0.2) is 4.79 Å². The summed E-state index contributed by atoms with van der Waals surface area (Å²) in [6, 6.07) is 15.6. The van der Waals surface area contributed by atoms with Gasteiger partial charge in [-0.2, -0.15) is 0 Å². The summed E-state index contributed by atoms with van der Waals surface area (Å²) in [6.07, 6.45) is 4.14. The van der Waals surface area contributed by atoms with Crippen LogP contribution in [0.25, 0.3) is 0 Å². The smallest absolute Gasteiger partial charge is 0.339 e. The van der Waals surface area contributed by atoms with E-state index in [0.717, 1.165) is 9.52 Å². The number of hydrogen-bond donors (Lipinski definition) is 1. The number of carboxylic acid groups (broad SMARTS) is 1. The van der Waals surface area contributed by atoms with Gasteiger partial charge in [0.2, 0.25) is 0 Å². The minimum atomic E-state index is -0.994. The molecule has 3 rings (SSSR count). The van der Waals surface area contributed by atoms with Gasteiger partial charge in [0.15, 0.2) is 0 Å². The molecule has 0 aromatic heterocycles. The molecule has 1 aliphatic heterocycles. The van der Waals surface area contributed by atoms with E-state index in [9.17, 15) is 4.79 Å². The molecule has 1 heterocycles. The molecule has 21 heavy (non-hydrogen) atoms. The Balaban J connectivity index is 0.000000272. The third-order valence-electron chi connectivity index (χ3n) is 2.58. The summed E-state index contributed by atoms with van der Waals surface area (Å²) < 4.78 is 5.49. The van der Waals surface area contributed by atoms with Crippen molar-refractivity contribution in [3.05, 3.63) is 83.7 Å². The van der Waals surface area contributed by atoms with E-state index < -0.39 is 5.97 Å². The minimum Gasteiger partial charge on any atom is -0.478 e. The quantitative estimate of drug-likeness (QED) is 0.873. The Bertz CT molecular complexity index is 638. The SMILES string of the molecule is C1=C[Si]C=C1.O=C(O)c1ccccc1Oc1ccccc1. The van der Waals surface area contributed by atoms with Crippen molar-refractivity contribution in [2.24, 2.45) is 0 Å². The largest absolute Gasteiger partial charge is 0.478 e. The van der Waals surface area contributed by atoms with E-state index in [0.29, 0.717) is 11.5 Å². The Hall–Kier alpha value is -2.59. The normalized spacial score (nSPS) is 11.6. The summed E-state index contributed by atoms with van der Waals surface area (Å²) in [5.74, 6) is -0.0241. The standard InChI is InChI=1S/C13H10O3.C4H4Si/c14-13(15)11-8-4-5-9-12(11)16-10-6-2-1-3-7-10;1-2-4-5-3-1/h1-9H,(H,14,15);1-4H. The molecule has 3 nitrogen and oxygen atoms in total. The van der Waals surface area contributed by atoms with Crippen LogP contribution < -0.4 is 4.74 Å². The molecule has 0 unspecified atom stereocenters. The number of ether oxygens (including phenoxy) is 1. The molecule has 0 aliphatic carbocycles. The lowest BCUT2D eigenvalue weighted by Crippen LogP contribution is -1.99. The number of carboxylic acids is 1. The minimum absolute atomic E-state index is 0.159. The molecule has 2 aromatic carbocycles. The predicted octanol–water partition coefficient (Wildman–Crippen LogP) is 3.91. The highest BCUT2D eigenvalue weighted by Crippen LogP contribution is 2.24. The molecule has 4 heteroatoms. The Morgan fingerprint density at radius 3 is 2.10 bits per heavy atom. The van der Waals surface area contributed by atoms with Crippen LogP contribution in [0.1, 0.15) is 10.4 Å². The predicted molar refractivity (Wildman–Crippen MR) is 84.0 cm³/mol. The summed E-state index contributed by atoms with van der Waals surface area (Å²) in [6.45, 7) is 0. The van der Waals surface area contributed by atoms with E-state index in [-0.39, 0.29) is 5.56 Å². The lowest BCUT2D eigenvalue weighted by Gasteiger charge is -2.07. The molecule has 2 radical (unpaired) electrons. The van der Waals surface area contributed by atoms with Crippen LogP contribution in [-0.4, -0.2) is 20.6 Å². The van der Waals surface area contributed by atoms with E-state index in [1.807, 2.05) is 18.2 Å². The molecule has 0 fully saturated rings. The van der Waals surface area contributed by atoms with Gasteiger partial charge in [-0.1, -0.05) is 53.9 Å². The van der Waals surface area contributed by atoms with Crippen LogP contribution >= 0.6 is 0 Å². The van der Waals surface area contributed by atoms with E-state index in [4.69, 9.17) is 9.84 Å². The first-order valence-electron chi connectivity index (χ1n) is 6.40. The maximum Gasteiger partial charge on any atom is 0.339 e. The van der Waals surface area contributed by atoms with Gasteiger partial charge in [-0.15, -0.1) is 0 Å². The van der Waals surface area contributed by atoms with Crippen molar-refractivity contribution in [1.29, 1.82) is 0 Å². The molecule has 0 amide bonds. The fraction of sp³-hybridized carbons (Fsp3) is 0. The van der Waals surface area contributed by atoms with Crippen molar-refractivity contribution < 1.29 is 14.6 Å². The highest BCUT2D eigenvalue weighted by molar-refractivity contribution is 6.49. The van der Waals surface area contributed by atoms with Crippen molar-refractivity contribution in [1.82, 2.24) is 0 Å². The average molecular weight is 294 g/mol. The van der Waals surface area contributed by atoms with Crippen LogP contribution in [0.4, 0.5) is 0 Å². The fourth-order valence-electron chi connectivity index (χ4n) is 1.63. The van der Waals surface area contributed by atoms with Crippen LogP contribution in [0.3, 0.4) is 0 Å². The van der Waals surface area contributed by atoms with E-state index in [1.54, 1.807) is 30.3 Å². The molecule has 104 valence electrons. The number of hydrogen-bond acceptors (Lipinski definition) is 2. The van der Waals surface area contributed by atoms with Crippen molar-refractivity contribution >= 4 is 15.5 Å². The van der Waals surface area contributed by atoms with Crippen molar-refractivity contribution in [3.8, 4) is 11.5 Å². The second kappa shape index (κ2) is 7.87. The third kappa shape index (κ3) is 4.78. The van der Waals surface area contributed by atoms with Gasteiger partial charge in [0.25, 0.3) is 0 Å². The number of rotatable bonds is 3. The fourth-order valence-corrected chi connectivity index (χ4v) is 2.18. The summed E-state index contributed by atoms with van der Waals surface area (Å²) in [5.41, 5.74) is 4.46. The molecule has 0 bridgehead atoms. The molecule has 0 saturated carbocycles. The first kappa shape index (κ1) is 14.8. The zero-order valence-electron chi connectivity index (χ0n) is 11.3. The number of carbonyl (C=O) groups is 1. The molecule has 0 spiro atoms. The number of benzene rings is 2. The van der Waals surface area contributed by atoms with Crippen LogP contribution in [0.5, 0.6) is 11.5 Å². The molecule has 0 atom stereocenters. The van der Waals surface area contributed by atoms with Crippen LogP contribution in [-0.2, 0) is 0 Å². The maximum absolute atomic E-state index is 10.9. The third-order valence-corrected chi connectivity index (χ3v) is 3.35. The Kier molecular flexibility index (Phi) is 5.55. The summed E-state index contributed by atoms with van der Waals surface area (Å²) in [7, 11) is 0.948. The van der Waals surface area contributed by atoms with Crippen molar-refractivity contribution in [2.45, 2.75) is 0 Å². The number of aromatic carboxylic acids is 1. The van der Waals surface area contributed by atoms with Gasteiger partial charge >= 0.3 is 5.97 Å². The maximum atomic E-state index is 10.9. The Morgan fingerprint density at radius 2 is 1.52 bits per heavy atom. The molecule has 0 saturated heterocycles. The van der Waals surface area contributed by atoms with Crippen LogP contribution in [0, 0.1) is 0 Å². The highest BCUT2D eigenvalue weighted by Gasteiger charge is 2.10. The lowest BCUT2D eigenvalue weighted by atomic mass is 10.2. The van der Waals surface area contributed by atoms with Crippen LogP contribution in [0.2, 0.25) is 0 Å². The molecular formula is C17H14O3Si. The van der Waals surface area contributed by atoms with Crippen molar-refractivity contribution in [3.63, 3.8) is 0 Å². The van der Waals surface area contributed by atoms with E-state index in [2.05, 4.69) is 23.6 Å². The Labute approximate surface area is 126 Å². The second-order valence-corrected chi connectivity index (χ2v) is 5.10. The van der Waals surface area contributed by atoms with Gasteiger partial charge < -0.3 is 9.84 Å². The molecule has 1 N–H and O–H groups in total. The topological polar surface area (TPSA) is 46.5 Å². The van der Waals surface area contributed by atoms with Gasteiger partial charge in [-0.05, 0) is 24.3 Å². The first-order chi connectivity index (χ1) is 10.3. The average Bonchev–Trinajstić information content (AvgIpc) is 3.08. The van der Waals surface area contributed by atoms with E-state index >= 15 is 0 Å². The van der Waals surface area contributed by atoms with Crippen LogP contribution in [0.15, 0.2) is 78.1 Å². The summed E-state index contributed by atoms with van der Waals surface area (Å²) in [5, 5.41) is 8.96. The zero-order valence-corrected chi connectivity index (χ0v) is 12.3. The van der Waals surface area contributed by atoms with Gasteiger partial charge in [-0.3, -0.25) is 0 Å². The number of allylic oxidation sites excluding steroid dienone is 2. The van der Waals surface area contributed by atoms with E-state index in [1.165, 1.54) is 6.07 Å². The molecule has 1 aliphatic rings. The highest BCUT2D eigenvalue weighted by atomic mass is 28.2. The van der Waals surface area contributed by atoms with Crippen molar-refractivity contribution in [2.75, 3.05) is 0 Å². The van der Waals surface area contributed by atoms with Gasteiger partial charge in [0.1, 0.15) is 26.6 Å². The monoisotopic (exact) mass is 294 g/mol. The molecular weight excluding hydrogens is 280 g/mol. The zero-order chi connectivity index (χ0) is 14.9. The second-order valence-electron chi connectivity index (χ2n) is 4.10. The van der Waals surface area contributed by atoms with Gasteiger partial charge in [0, 0.05) is 0 Å². The first-order valence-corrected chi connectivity index (χ1v) is 7.56. The molecule has 2 aromatic rings. The summed E-state index contributed by atoms with van der Waals surface area (Å²) in [4.78, 5) is 10.9. The number of para-hydroxylation sites is 2. The lowest BCUT2D eigenvalue weighted by molar-refractivity contribution is 0.0694.